The Morgan fingerprint density at radius 1 is 1.14 bits per heavy atom. The van der Waals surface area contributed by atoms with E-state index >= 15 is 0 Å². The maximum atomic E-state index is 12.9. The van der Waals surface area contributed by atoms with Gasteiger partial charge in [0.15, 0.2) is 0 Å². The number of nitrogens with zero attached hydrogens (tertiary/aromatic N) is 1. The predicted molar refractivity (Wildman–Crippen MR) is 85.1 cm³/mol. The second-order valence-corrected chi connectivity index (χ2v) is 5.09. The van der Waals surface area contributed by atoms with Crippen LogP contribution in [-0.2, 0) is 6.54 Å². The number of anilines is 2. The summed E-state index contributed by atoms with van der Waals surface area (Å²) in [7, 11) is 1.97. The Balaban J connectivity index is 2.12. The van der Waals surface area contributed by atoms with Crippen LogP contribution in [-0.4, -0.2) is 13.7 Å². The molecule has 2 N–H and O–H groups in total. The minimum atomic E-state index is -0.222. The zero-order valence-corrected chi connectivity index (χ0v) is 12.5. The molecule has 2 rings (SSSR count). The van der Waals surface area contributed by atoms with E-state index in [0.717, 1.165) is 23.4 Å². The SMILES string of the molecule is CCCOc1cc(N)cc(N(C)Cc2ccc(F)cc2)c1. The van der Waals surface area contributed by atoms with Gasteiger partial charge in [-0.25, -0.2) is 4.39 Å². The van der Waals surface area contributed by atoms with Gasteiger partial charge in [-0.1, -0.05) is 19.1 Å². The van der Waals surface area contributed by atoms with Gasteiger partial charge in [-0.05, 0) is 30.2 Å². The zero-order valence-electron chi connectivity index (χ0n) is 12.5. The average Bonchev–Trinajstić information content (AvgIpc) is 2.47. The molecule has 0 spiro atoms. The quantitative estimate of drug-likeness (QED) is 0.821. The second-order valence-electron chi connectivity index (χ2n) is 5.09. The van der Waals surface area contributed by atoms with E-state index in [1.807, 2.05) is 25.2 Å². The molecule has 0 fully saturated rings. The second kappa shape index (κ2) is 6.97. The van der Waals surface area contributed by atoms with Gasteiger partial charge in [-0.2, -0.15) is 0 Å². The molecule has 2 aromatic carbocycles. The molecule has 0 aliphatic carbocycles. The van der Waals surface area contributed by atoms with Crippen LogP contribution in [0.15, 0.2) is 42.5 Å². The van der Waals surface area contributed by atoms with Crippen molar-refractivity contribution in [1.82, 2.24) is 0 Å². The summed E-state index contributed by atoms with van der Waals surface area (Å²) in [5, 5.41) is 0. The van der Waals surface area contributed by atoms with Gasteiger partial charge in [0.25, 0.3) is 0 Å². The monoisotopic (exact) mass is 288 g/mol. The molecular weight excluding hydrogens is 267 g/mol. The Morgan fingerprint density at radius 2 is 1.86 bits per heavy atom. The summed E-state index contributed by atoms with van der Waals surface area (Å²) in [4.78, 5) is 2.06. The Kier molecular flexibility index (Phi) is 5.04. The van der Waals surface area contributed by atoms with Gasteiger partial charge >= 0.3 is 0 Å². The zero-order chi connectivity index (χ0) is 15.2. The van der Waals surface area contributed by atoms with E-state index in [4.69, 9.17) is 10.5 Å². The van der Waals surface area contributed by atoms with Crippen molar-refractivity contribution in [3.63, 3.8) is 0 Å². The fourth-order valence-electron chi connectivity index (χ4n) is 2.08. The lowest BCUT2D eigenvalue weighted by Crippen LogP contribution is -2.16. The van der Waals surface area contributed by atoms with Gasteiger partial charge in [-0.15, -0.1) is 0 Å². The van der Waals surface area contributed by atoms with Gasteiger partial charge in [-0.3, -0.25) is 0 Å². The molecule has 0 atom stereocenters. The molecule has 0 aliphatic heterocycles. The smallest absolute Gasteiger partial charge is 0.123 e. The Labute approximate surface area is 125 Å². The van der Waals surface area contributed by atoms with Crippen LogP contribution in [0.25, 0.3) is 0 Å². The fourth-order valence-corrected chi connectivity index (χ4v) is 2.08. The first-order valence-electron chi connectivity index (χ1n) is 7.07. The number of ether oxygens (including phenoxy) is 1. The van der Waals surface area contributed by atoms with E-state index in [2.05, 4.69) is 11.8 Å². The first kappa shape index (κ1) is 15.2. The molecule has 21 heavy (non-hydrogen) atoms. The van der Waals surface area contributed by atoms with Crippen molar-refractivity contribution in [3.8, 4) is 5.75 Å². The molecule has 0 aliphatic rings. The van der Waals surface area contributed by atoms with Crippen molar-refractivity contribution >= 4 is 11.4 Å². The minimum absolute atomic E-state index is 0.222. The molecule has 0 amide bonds. The van der Waals surface area contributed by atoms with Crippen LogP contribution in [0.2, 0.25) is 0 Å². The van der Waals surface area contributed by atoms with Gasteiger partial charge in [0.1, 0.15) is 11.6 Å². The number of benzene rings is 2. The van der Waals surface area contributed by atoms with Crippen molar-refractivity contribution in [2.45, 2.75) is 19.9 Å². The summed E-state index contributed by atoms with van der Waals surface area (Å²) in [6.45, 7) is 3.41. The largest absolute Gasteiger partial charge is 0.493 e. The molecule has 0 saturated carbocycles. The van der Waals surface area contributed by atoms with Crippen LogP contribution in [0.4, 0.5) is 15.8 Å². The summed E-state index contributed by atoms with van der Waals surface area (Å²) in [6.07, 6.45) is 0.954. The van der Waals surface area contributed by atoms with Crippen molar-refractivity contribution < 1.29 is 9.13 Å². The van der Waals surface area contributed by atoms with Crippen molar-refractivity contribution in [2.75, 3.05) is 24.3 Å². The Bertz CT molecular complexity index is 584. The molecule has 0 heterocycles. The van der Waals surface area contributed by atoms with Crippen LogP contribution in [0.1, 0.15) is 18.9 Å². The van der Waals surface area contributed by atoms with Gasteiger partial charge < -0.3 is 15.4 Å². The van der Waals surface area contributed by atoms with Crippen LogP contribution >= 0.6 is 0 Å². The van der Waals surface area contributed by atoms with Gasteiger partial charge in [0.05, 0.1) is 6.61 Å². The fraction of sp³-hybridized carbons (Fsp3) is 0.294. The normalized spacial score (nSPS) is 10.4. The number of nitrogen functional groups attached to an aromatic ring is 1. The lowest BCUT2D eigenvalue weighted by molar-refractivity contribution is 0.317. The maximum absolute atomic E-state index is 12.9. The van der Waals surface area contributed by atoms with Crippen LogP contribution in [0, 0.1) is 5.82 Å². The van der Waals surface area contributed by atoms with E-state index < -0.39 is 0 Å². The first-order valence-corrected chi connectivity index (χ1v) is 7.07. The summed E-state index contributed by atoms with van der Waals surface area (Å²) in [5.74, 6) is 0.554. The third-order valence-electron chi connectivity index (χ3n) is 3.16. The number of hydrogen-bond donors (Lipinski definition) is 1. The highest BCUT2D eigenvalue weighted by molar-refractivity contribution is 5.60. The summed E-state index contributed by atoms with van der Waals surface area (Å²) >= 11 is 0. The summed E-state index contributed by atoms with van der Waals surface area (Å²) in [5.41, 5.74) is 8.61. The molecule has 0 aromatic heterocycles. The summed E-state index contributed by atoms with van der Waals surface area (Å²) < 4.78 is 18.6. The van der Waals surface area contributed by atoms with Crippen molar-refractivity contribution in [2.24, 2.45) is 0 Å². The minimum Gasteiger partial charge on any atom is -0.493 e. The highest BCUT2D eigenvalue weighted by Gasteiger charge is 2.06. The molecule has 0 saturated heterocycles. The Hall–Kier alpha value is -2.23. The van der Waals surface area contributed by atoms with Crippen LogP contribution in [0.3, 0.4) is 0 Å². The molecule has 2 aromatic rings. The highest BCUT2D eigenvalue weighted by Crippen LogP contribution is 2.26. The third-order valence-corrected chi connectivity index (χ3v) is 3.16. The Morgan fingerprint density at radius 3 is 2.52 bits per heavy atom. The number of hydrogen-bond acceptors (Lipinski definition) is 3. The molecule has 0 bridgehead atoms. The van der Waals surface area contributed by atoms with E-state index in [0.29, 0.717) is 18.8 Å². The van der Waals surface area contributed by atoms with Gasteiger partial charge in [0, 0.05) is 37.1 Å². The van der Waals surface area contributed by atoms with Crippen molar-refractivity contribution in [1.29, 1.82) is 0 Å². The number of nitrogens with two attached hydrogens (primary N) is 1. The number of halogens is 1. The average molecular weight is 288 g/mol. The summed E-state index contributed by atoms with van der Waals surface area (Å²) in [6, 6.07) is 12.2. The first-order chi connectivity index (χ1) is 10.1. The van der Waals surface area contributed by atoms with E-state index in [1.54, 1.807) is 12.1 Å². The maximum Gasteiger partial charge on any atom is 0.123 e. The van der Waals surface area contributed by atoms with E-state index in [-0.39, 0.29) is 5.82 Å². The predicted octanol–water partition coefficient (Wildman–Crippen LogP) is 3.83. The lowest BCUT2D eigenvalue weighted by Gasteiger charge is -2.21. The van der Waals surface area contributed by atoms with Crippen molar-refractivity contribution in [3.05, 3.63) is 53.8 Å². The molecule has 112 valence electrons. The molecule has 3 nitrogen and oxygen atoms in total. The van der Waals surface area contributed by atoms with E-state index in [1.165, 1.54) is 12.1 Å². The lowest BCUT2D eigenvalue weighted by atomic mass is 10.2. The number of rotatable bonds is 6. The van der Waals surface area contributed by atoms with E-state index in [9.17, 15) is 4.39 Å². The standard InChI is InChI=1S/C17H21FN2O/c1-3-8-21-17-10-15(19)9-16(11-17)20(2)12-13-4-6-14(18)7-5-13/h4-7,9-11H,3,8,12,19H2,1-2H3. The molecular formula is C17H21FN2O. The topological polar surface area (TPSA) is 38.5 Å². The molecule has 0 radical (unpaired) electrons. The highest BCUT2D eigenvalue weighted by atomic mass is 19.1. The molecule has 0 unspecified atom stereocenters. The van der Waals surface area contributed by atoms with Crippen LogP contribution < -0.4 is 15.4 Å². The van der Waals surface area contributed by atoms with Gasteiger partial charge in [0.2, 0.25) is 0 Å². The third kappa shape index (κ3) is 4.38. The molecule has 4 heteroatoms. The van der Waals surface area contributed by atoms with Crippen LogP contribution in [0.5, 0.6) is 5.75 Å².